The molecule has 54 heavy (non-hydrogen) atoms. The van der Waals surface area contributed by atoms with Crippen LogP contribution in [0.3, 0.4) is 0 Å². The maximum atomic E-state index is 6.47. The summed E-state index contributed by atoms with van der Waals surface area (Å²) in [6.45, 7) is 0. The van der Waals surface area contributed by atoms with E-state index in [1.165, 1.54) is 10.8 Å². The number of hydrogen-bond donors (Lipinski definition) is 0. The molecule has 6 heteroatoms. The molecule has 2 aromatic heterocycles. The molecule has 0 saturated carbocycles. The Balaban J connectivity index is 1.20. The van der Waals surface area contributed by atoms with E-state index in [-0.39, 0.29) is 0 Å². The predicted molar refractivity (Wildman–Crippen MR) is 215 cm³/mol. The van der Waals surface area contributed by atoms with Crippen LogP contribution in [0.2, 0.25) is 0 Å². The van der Waals surface area contributed by atoms with Crippen LogP contribution >= 0.6 is 0 Å². The van der Waals surface area contributed by atoms with Crippen LogP contribution in [0, 0.1) is 0 Å². The maximum Gasteiger partial charge on any atom is 0.248 e. The molecular weight excluding hydrogens is 665 g/mol. The highest BCUT2D eigenvalue weighted by atomic mass is 16.4. The first-order valence-electron chi connectivity index (χ1n) is 17.8. The number of nitrogens with zero attached hydrogens (tertiary/aromatic N) is 4. The van der Waals surface area contributed by atoms with E-state index in [1.807, 2.05) is 60.7 Å². The summed E-state index contributed by atoms with van der Waals surface area (Å²) in [5.41, 5.74) is 9.34. The van der Waals surface area contributed by atoms with Crippen molar-refractivity contribution in [3.63, 3.8) is 0 Å². The minimum atomic E-state index is 0.408. The van der Waals surface area contributed by atoms with E-state index < -0.39 is 0 Å². The van der Waals surface area contributed by atoms with Gasteiger partial charge in [-0.25, -0.2) is 0 Å². The van der Waals surface area contributed by atoms with Gasteiger partial charge in [0, 0.05) is 22.3 Å². The maximum absolute atomic E-state index is 6.47. The third kappa shape index (κ3) is 5.63. The SMILES string of the molecule is c1ccc(-c2nnc(-c3cc(-c4cccc5ccccc45)ccc3-c3ccc(-c4cccc5ccccc45)cc3-c3nnc(-c4ccccc4)o3)o2)cc1. The van der Waals surface area contributed by atoms with Crippen LogP contribution in [0.1, 0.15) is 0 Å². The van der Waals surface area contributed by atoms with E-state index in [1.54, 1.807) is 0 Å². The Hall–Kier alpha value is -7.44. The highest BCUT2D eigenvalue weighted by Gasteiger charge is 2.23. The molecule has 0 radical (unpaired) electrons. The molecule has 0 saturated heterocycles. The minimum Gasteiger partial charge on any atom is -0.416 e. The third-order valence-corrected chi connectivity index (χ3v) is 9.88. The van der Waals surface area contributed by atoms with E-state index in [4.69, 9.17) is 8.83 Å². The van der Waals surface area contributed by atoms with Crippen molar-refractivity contribution in [1.82, 2.24) is 20.4 Å². The molecule has 0 fully saturated rings. The molecule has 0 aliphatic carbocycles. The molecule has 0 aliphatic heterocycles. The van der Waals surface area contributed by atoms with E-state index in [0.717, 1.165) is 66.4 Å². The fourth-order valence-corrected chi connectivity index (χ4v) is 7.26. The van der Waals surface area contributed by atoms with Crippen LogP contribution in [0.5, 0.6) is 0 Å². The van der Waals surface area contributed by atoms with Gasteiger partial charge in [0.15, 0.2) is 0 Å². The molecule has 0 atom stereocenters. The van der Waals surface area contributed by atoms with Gasteiger partial charge in [-0.2, -0.15) is 0 Å². The highest BCUT2D eigenvalue weighted by molar-refractivity contribution is 6.01. The number of benzene rings is 8. The summed E-state index contributed by atoms with van der Waals surface area (Å²) in [7, 11) is 0. The lowest BCUT2D eigenvalue weighted by atomic mass is 9.88. The van der Waals surface area contributed by atoms with Gasteiger partial charge in [0.05, 0.1) is 0 Å². The summed E-state index contributed by atoms with van der Waals surface area (Å²) in [6.07, 6.45) is 0. The van der Waals surface area contributed by atoms with Crippen molar-refractivity contribution in [3.05, 3.63) is 182 Å². The van der Waals surface area contributed by atoms with Gasteiger partial charge < -0.3 is 8.83 Å². The zero-order valence-corrected chi connectivity index (χ0v) is 28.9. The highest BCUT2D eigenvalue weighted by Crippen LogP contribution is 2.43. The quantitative estimate of drug-likeness (QED) is 0.165. The minimum absolute atomic E-state index is 0.408. The standard InChI is InChI=1S/C48H30N4O2/c1-3-15-33(16-4-1)45-49-51-47(53-45)43-29-35(39-23-11-19-31-13-7-9-21-37(31)39)25-27-41(43)42-28-26-36(40-24-12-20-32-14-8-10-22-38(32)40)30-44(42)48-52-50-46(54-48)34-17-5-2-6-18-34/h1-30H. The average molecular weight is 695 g/mol. The summed E-state index contributed by atoms with van der Waals surface area (Å²) < 4.78 is 12.9. The second kappa shape index (κ2) is 13.3. The van der Waals surface area contributed by atoms with Crippen molar-refractivity contribution in [1.29, 1.82) is 0 Å². The van der Waals surface area contributed by atoms with Crippen LogP contribution in [-0.4, -0.2) is 20.4 Å². The van der Waals surface area contributed by atoms with Gasteiger partial charge in [0.2, 0.25) is 23.6 Å². The first kappa shape index (κ1) is 31.3. The van der Waals surface area contributed by atoms with Crippen molar-refractivity contribution in [2.75, 3.05) is 0 Å². The fraction of sp³-hybridized carbons (Fsp3) is 0. The Morgan fingerprint density at radius 1 is 0.259 bits per heavy atom. The van der Waals surface area contributed by atoms with Gasteiger partial charge in [-0.3, -0.25) is 0 Å². The van der Waals surface area contributed by atoms with Gasteiger partial charge >= 0.3 is 0 Å². The molecule has 10 aromatic rings. The lowest BCUT2D eigenvalue weighted by Crippen LogP contribution is -1.93. The summed E-state index contributed by atoms with van der Waals surface area (Å²) >= 11 is 0. The molecule has 8 aromatic carbocycles. The van der Waals surface area contributed by atoms with Crippen molar-refractivity contribution in [3.8, 4) is 79.2 Å². The molecule has 0 bridgehead atoms. The largest absolute Gasteiger partial charge is 0.416 e. The number of rotatable bonds is 7. The van der Waals surface area contributed by atoms with Crippen LogP contribution in [0.25, 0.3) is 101 Å². The topological polar surface area (TPSA) is 77.8 Å². The summed E-state index contributed by atoms with van der Waals surface area (Å²) in [6, 6.07) is 62.1. The van der Waals surface area contributed by atoms with Gasteiger partial charge in [0.1, 0.15) is 0 Å². The Labute approximate surface area is 311 Å². The molecule has 0 spiro atoms. The lowest BCUT2D eigenvalue weighted by molar-refractivity contribution is 0.583. The predicted octanol–water partition coefficient (Wildman–Crippen LogP) is 12.4. The van der Waals surface area contributed by atoms with Gasteiger partial charge in [-0.15, -0.1) is 20.4 Å². The molecule has 6 nitrogen and oxygen atoms in total. The molecule has 0 aliphatic rings. The van der Waals surface area contributed by atoms with E-state index in [9.17, 15) is 0 Å². The van der Waals surface area contributed by atoms with E-state index >= 15 is 0 Å². The molecular formula is C48H30N4O2. The van der Waals surface area contributed by atoms with E-state index in [0.29, 0.717) is 23.6 Å². The number of hydrogen-bond acceptors (Lipinski definition) is 6. The summed E-state index contributed by atoms with van der Waals surface area (Å²) in [5.74, 6) is 1.71. The first-order valence-corrected chi connectivity index (χ1v) is 17.8. The Morgan fingerprint density at radius 3 is 1.11 bits per heavy atom. The molecule has 0 amide bonds. The summed E-state index contributed by atoms with van der Waals surface area (Å²) in [4.78, 5) is 0. The second-order valence-electron chi connectivity index (χ2n) is 13.1. The molecule has 0 unspecified atom stereocenters. The van der Waals surface area contributed by atoms with Crippen LogP contribution in [0.15, 0.2) is 191 Å². The normalized spacial score (nSPS) is 11.3. The zero-order chi connectivity index (χ0) is 35.8. The van der Waals surface area contributed by atoms with Gasteiger partial charge in [-0.05, 0) is 91.3 Å². The van der Waals surface area contributed by atoms with Gasteiger partial charge in [-0.1, -0.05) is 146 Å². The Morgan fingerprint density at radius 2 is 0.648 bits per heavy atom. The van der Waals surface area contributed by atoms with Crippen LogP contribution < -0.4 is 0 Å². The zero-order valence-electron chi connectivity index (χ0n) is 28.9. The molecule has 10 rings (SSSR count). The van der Waals surface area contributed by atoms with Crippen LogP contribution in [0.4, 0.5) is 0 Å². The van der Waals surface area contributed by atoms with Crippen LogP contribution in [-0.2, 0) is 0 Å². The third-order valence-electron chi connectivity index (χ3n) is 9.88. The number of fused-ring (bicyclic) bond motifs is 2. The molecule has 254 valence electrons. The average Bonchev–Trinajstić information content (AvgIpc) is 3.95. The van der Waals surface area contributed by atoms with Gasteiger partial charge in [0.25, 0.3) is 0 Å². The van der Waals surface area contributed by atoms with Crippen molar-refractivity contribution >= 4 is 21.5 Å². The Bertz CT molecular complexity index is 2740. The fourth-order valence-electron chi connectivity index (χ4n) is 7.26. The smallest absolute Gasteiger partial charge is 0.248 e. The lowest BCUT2D eigenvalue weighted by Gasteiger charge is -2.15. The van der Waals surface area contributed by atoms with Crippen molar-refractivity contribution in [2.24, 2.45) is 0 Å². The van der Waals surface area contributed by atoms with Crippen molar-refractivity contribution in [2.45, 2.75) is 0 Å². The van der Waals surface area contributed by atoms with Crippen molar-refractivity contribution < 1.29 is 8.83 Å². The summed E-state index contributed by atoms with van der Waals surface area (Å²) in [5, 5.41) is 22.9. The Kier molecular flexibility index (Phi) is 7.69. The molecule has 0 N–H and O–H groups in total. The molecule has 2 heterocycles. The second-order valence-corrected chi connectivity index (χ2v) is 13.1. The monoisotopic (exact) mass is 694 g/mol. The van der Waals surface area contributed by atoms with E-state index in [2.05, 4.69) is 142 Å². The number of aromatic nitrogens is 4. The first-order chi connectivity index (χ1) is 26.8.